The molecule has 0 aliphatic carbocycles. The number of carbonyl (C=O) groups excluding carboxylic acids is 1. The van der Waals surface area contributed by atoms with Crippen molar-refractivity contribution in [3.05, 3.63) is 28.6 Å². The molecule has 1 amide bonds. The number of aromatic nitrogens is 1. The molecular weight excluding hydrogens is 312 g/mol. The van der Waals surface area contributed by atoms with Gasteiger partial charge < -0.3 is 15.5 Å². The zero-order valence-electron chi connectivity index (χ0n) is 11.1. The number of nitrogens with one attached hydrogen (secondary N) is 1. The normalized spacial score (nSPS) is 13.6. The van der Waals surface area contributed by atoms with Gasteiger partial charge in [0.25, 0.3) is 0 Å². The number of carboxylic acid groups (broad SMARTS) is 1. The van der Waals surface area contributed by atoms with Gasteiger partial charge >= 0.3 is 5.97 Å². The first-order chi connectivity index (χ1) is 9.97. The SMILES string of the molecule is CC(O)C(NC(=O)Cc1csc(-c2cccs2)n1)C(=O)O. The summed E-state index contributed by atoms with van der Waals surface area (Å²) in [5.41, 5.74) is 0.579. The van der Waals surface area contributed by atoms with Crippen LogP contribution in [0, 0.1) is 0 Å². The van der Waals surface area contributed by atoms with Crippen LogP contribution in [0.2, 0.25) is 0 Å². The van der Waals surface area contributed by atoms with Crippen molar-refractivity contribution in [3.63, 3.8) is 0 Å². The van der Waals surface area contributed by atoms with E-state index in [0.29, 0.717) is 5.69 Å². The quantitative estimate of drug-likeness (QED) is 0.744. The second-order valence-electron chi connectivity index (χ2n) is 4.42. The smallest absolute Gasteiger partial charge is 0.328 e. The maximum absolute atomic E-state index is 11.8. The number of thiazole rings is 1. The average Bonchev–Trinajstić information content (AvgIpc) is 3.05. The molecule has 0 saturated carbocycles. The molecule has 112 valence electrons. The minimum Gasteiger partial charge on any atom is -0.480 e. The van der Waals surface area contributed by atoms with Crippen molar-refractivity contribution in [1.29, 1.82) is 0 Å². The topological polar surface area (TPSA) is 99.5 Å². The van der Waals surface area contributed by atoms with Crippen molar-refractivity contribution in [2.45, 2.75) is 25.5 Å². The third kappa shape index (κ3) is 4.10. The van der Waals surface area contributed by atoms with Crippen LogP contribution in [-0.2, 0) is 16.0 Å². The van der Waals surface area contributed by atoms with Gasteiger partial charge in [-0.1, -0.05) is 6.07 Å². The lowest BCUT2D eigenvalue weighted by Gasteiger charge is -2.16. The Labute approximate surface area is 129 Å². The molecule has 0 bridgehead atoms. The fraction of sp³-hybridized carbons (Fsp3) is 0.308. The van der Waals surface area contributed by atoms with E-state index in [2.05, 4.69) is 10.3 Å². The zero-order valence-corrected chi connectivity index (χ0v) is 12.8. The Kier molecular flexibility index (Phi) is 5.05. The van der Waals surface area contributed by atoms with E-state index in [0.717, 1.165) is 9.88 Å². The van der Waals surface area contributed by atoms with Crippen molar-refractivity contribution in [1.82, 2.24) is 10.3 Å². The van der Waals surface area contributed by atoms with Gasteiger partial charge in [0.1, 0.15) is 5.01 Å². The van der Waals surface area contributed by atoms with Crippen LogP contribution in [-0.4, -0.2) is 39.2 Å². The molecule has 2 heterocycles. The molecule has 0 saturated heterocycles. The number of rotatable bonds is 6. The number of carbonyl (C=O) groups is 2. The predicted octanol–water partition coefficient (Wildman–Crippen LogP) is 1.36. The molecular formula is C13H14N2O4S2. The Morgan fingerprint density at radius 2 is 2.19 bits per heavy atom. The summed E-state index contributed by atoms with van der Waals surface area (Å²) in [6, 6.07) is 2.56. The molecule has 0 radical (unpaired) electrons. The molecule has 0 spiro atoms. The van der Waals surface area contributed by atoms with Crippen molar-refractivity contribution in [2.24, 2.45) is 0 Å². The van der Waals surface area contributed by atoms with Gasteiger partial charge in [-0.3, -0.25) is 4.79 Å². The molecule has 0 aliphatic rings. The monoisotopic (exact) mass is 326 g/mol. The lowest BCUT2D eigenvalue weighted by atomic mass is 10.2. The van der Waals surface area contributed by atoms with Gasteiger partial charge in [0.2, 0.25) is 5.91 Å². The zero-order chi connectivity index (χ0) is 15.4. The summed E-state index contributed by atoms with van der Waals surface area (Å²) < 4.78 is 0. The van der Waals surface area contributed by atoms with Crippen LogP contribution in [0.1, 0.15) is 12.6 Å². The molecule has 0 aliphatic heterocycles. The van der Waals surface area contributed by atoms with E-state index in [-0.39, 0.29) is 6.42 Å². The van der Waals surface area contributed by atoms with Gasteiger partial charge in [-0.2, -0.15) is 0 Å². The summed E-state index contributed by atoms with van der Waals surface area (Å²) in [6.07, 6.45) is -1.18. The van der Waals surface area contributed by atoms with E-state index in [1.807, 2.05) is 17.5 Å². The largest absolute Gasteiger partial charge is 0.480 e. The van der Waals surface area contributed by atoms with E-state index >= 15 is 0 Å². The second-order valence-corrected chi connectivity index (χ2v) is 6.23. The third-order valence-electron chi connectivity index (χ3n) is 2.69. The molecule has 2 aromatic rings. The van der Waals surface area contributed by atoms with E-state index in [1.165, 1.54) is 18.3 Å². The molecule has 2 atom stereocenters. The Hall–Kier alpha value is -1.77. The maximum atomic E-state index is 11.8. The number of thiophene rings is 1. The maximum Gasteiger partial charge on any atom is 0.328 e. The van der Waals surface area contributed by atoms with Crippen LogP contribution in [0.3, 0.4) is 0 Å². The summed E-state index contributed by atoms with van der Waals surface area (Å²) in [7, 11) is 0. The molecule has 8 heteroatoms. The highest BCUT2D eigenvalue weighted by Crippen LogP contribution is 2.27. The van der Waals surface area contributed by atoms with Gasteiger partial charge in [-0.05, 0) is 18.4 Å². The average molecular weight is 326 g/mol. The van der Waals surface area contributed by atoms with Gasteiger partial charge in [0, 0.05) is 5.38 Å². The molecule has 2 unspecified atom stereocenters. The first-order valence-corrected chi connectivity index (χ1v) is 7.92. The van der Waals surface area contributed by atoms with Crippen LogP contribution in [0.5, 0.6) is 0 Å². The van der Waals surface area contributed by atoms with Crippen molar-refractivity contribution >= 4 is 34.6 Å². The Balaban J connectivity index is 1.98. The lowest BCUT2D eigenvalue weighted by molar-refractivity contribution is -0.144. The molecule has 2 rings (SSSR count). The highest BCUT2D eigenvalue weighted by molar-refractivity contribution is 7.20. The summed E-state index contributed by atoms with van der Waals surface area (Å²) in [5, 5.41) is 25.1. The van der Waals surface area contributed by atoms with Crippen LogP contribution in [0.15, 0.2) is 22.9 Å². The Morgan fingerprint density at radius 3 is 2.76 bits per heavy atom. The summed E-state index contributed by atoms with van der Waals surface area (Å²) in [6.45, 7) is 1.32. The van der Waals surface area contributed by atoms with Crippen molar-refractivity contribution in [3.8, 4) is 9.88 Å². The van der Waals surface area contributed by atoms with Gasteiger partial charge in [0.05, 0.1) is 23.1 Å². The van der Waals surface area contributed by atoms with Gasteiger partial charge in [0.15, 0.2) is 6.04 Å². The number of nitrogens with zero attached hydrogens (tertiary/aromatic N) is 1. The summed E-state index contributed by atoms with van der Waals surface area (Å²) >= 11 is 3.00. The first-order valence-electron chi connectivity index (χ1n) is 6.16. The number of hydrogen-bond donors (Lipinski definition) is 3. The fourth-order valence-electron chi connectivity index (χ4n) is 1.68. The first kappa shape index (κ1) is 15.6. The Morgan fingerprint density at radius 1 is 1.43 bits per heavy atom. The van der Waals surface area contributed by atoms with Crippen LogP contribution < -0.4 is 5.32 Å². The third-order valence-corrected chi connectivity index (χ3v) is 4.62. The molecule has 2 aromatic heterocycles. The van der Waals surface area contributed by atoms with E-state index in [1.54, 1.807) is 16.7 Å². The number of aliphatic carboxylic acids is 1. The number of hydrogen-bond acceptors (Lipinski definition) is 6. The van der Waals surface area contributed by atoms with Crippen LogP contribution >= 0.6 is 22.7 Å². The molecule has 3 N–H and O–H groups in total. The molecule has 0 fully saturated rings. The van der Waals surface area contributed by atoms with Gasteiger partial charge in [-0.15, -0.1) is 22.7 Å². The number of aliphatic hydroxyl groups is 1. The minimum absolute atomic E-state index is 0.0155. The van der Waals surface area contributed by atoms with E-state index in [4.69, 9.17) is 5.11 Å². The lowest BCUT2D eigenvalue weighted by Crippen LogP contribution is -2.48. The minimum atomic E-state index is -1.31. The number of carboxylic acids is 1. The fourth-order valence-corrected chi connectivity index (χ4v) is 3.31. The molecule has 6 nitrogen and oxygen atoms in total. The highest BCUT2D eigenvalue weighted by Gasteiger charge is 2.25. The van der Waals surface area contributed by atoms with E-state index < -0.39 is 24.0 Å². The molecule has 21 heavy (non-hydrogen) atoms. The highest BCUT2D eigenvalue weighted by atomic mass is 32.1. The Bertz CT molecular complexity index is 622. The summed E-state index contributed by atoms with van der Waals surface area (Å²) in [5.74, 6) is -1.75. The van der Waals surface area contributed by atoms with E-state index in [9.17, 15) is 14.7 Å². The molecule has 0 aromatic carbocycles. The number of aliphatic hydroxyl groups excluding tert-OH is 1. The summed E-state index contributed by atoms with van der Waals surface area (Å²) in [4.78, 5) is 28.1. The second kappa shape index (κ2) is 6.79. The number of amides is 1. The van der Waals surface area contributed by atoms with Crippen molar-refractivity contribution in [2.75, 3.05) is 0 Å². The van der Waals surface area contributed by atoms with Crippen LogP contribution in [0.4, 0.5) is 0 Å². The van der Waals surface area contributed by atoms with Crippen LogP contribution in [0.25, 0.3) is 9.88 Å². The predicted molar refractivity (Wildman–Crippen MR) is 80.4 cm³/mol. The van der Waals surface area contributed by atoms with Gasteiger partial charge in [-0.25, -0.2) is 9.78 Å². The van der Waals surface area contributed by atoms with Crippen molar-refractivity contribution < 1.29 is 19.8 Å². The standard InChI is InChI=1S/C13H14N2O4S2/c1-7(16)11(13(18)19)15-10(17)5-8-6-21-12(14-8)9-3-2-4-20-9/h2-4,6-7,11,16H,5H2,1H3,(H,15,17)(H,18,19).